The Morgan fingerprint density at radius 1 is 1.47 bits per heavy atom. The summed E-state index contributed by atoms with van der Waals surface area (Å²) < 4.78 is 7.53. The molecule has 102 valence electrons. The highest BCUT2D eigenvalue weighted by atomic mass is 79.9. The van der Waals surface area contributed by atoms with Crippen LogP contribution in [-0.4, -0.2) is 50.4 Å². The van der Waals surface area contributed by atoms with Crippen LogP contribution in [-0.2, 0) is 11.8 Å². The second kappa shape index (κ2) is 5.05. The first-order chi connectivity index (χ1) is 9.20. The van der Waals surface area contributed by atoms with Gasteiger partial charge in [-0.1, -0.05) is 15.9 Å². The Kier molecular flexibility index (Phi) is 3.40. The molecule has 2 aromatic heterocycles. The number of halogens is 1. The zero-order chi connectivity index (χ0) is 13.4. The van der Waals surface area contributed by atoms with Gasteiger partial charge in [-0.05, 0) is 6.92 Å². The van der Waals surface area contributed by atoms with E-state index >= 15 is 0 Å². The lowest BCUT2D eigenvalue weighted by Crippen LogP contribution is -2.49. The van der Waals surface area contributed by atoms with Gasteiger partial charge in [0.05, 0.1) is 30.3 Å². The average Bonchev–Trinajstić information content (AvgIpc) is 2.81. The molecule has 0 aliphatic carbocycles. The van der Waals surface area contributed by atoms with Crippen molar-refractivity contribution in [3.8, 4) is 0 Å². The quantitative estimate of drug-likeness (QED) is 0.780. The third kappa shape index (κ3) is 2.21. The smallest absolute Gasteiger partial charge is 0.163 e. The Morgan fingerprint density at radius 3 is 3.11 bits per heavy atom. The summed E-state index contributed by atoms with van der Waals surface area (Å²) in [5.41, 5.74) is 0.860. The number of morpholine rings is 1. The fourth-order valence-corrected chi connectivity index (χ4v) is 2.78. The van der Waals surface area contributed by atoms with E-state index in [1.54, 1.807) is 11.0 Å². The highest BCUT2D eigenvalue weighted by Gasteiger charge is 2.28. The van der Waals surface area contributed by atoms with Crippen LogP contribution in [0, 0.1) is 0 Å². The van der Waals surface area contributed by atoms with E-state index in [4.69, 9.17) is 4.74 Å². The summed E-state index contributed by atoms with van der Waals surface area (Å²) in [5, 5.41) is 6.09. The predicted molar refractivity (Wildman–Crippen MR) is 76.6 cm³/mol. The molecule has 1 aliphatic rings. The summed E-state index contributed by atoms with van der Waals surface area (Å²) in [4.78, 5) is 11.0. The molecule has 2 unspecified atom stereocenters. The number of rotatable bonds is 2. The minimum atomic E-state index is 0.192. The Bertz CT molecular complexity index is 587. The van der Waals surface area contributed by atoms with E-state index in [9.17, 15) is 0 Å². The first-order valence-electron chi connectivity index (χ1n) is 6.27. The summed E-state index contributed by atoms with van der Waals surface area (Å²) in [5.74, 6) is 0.944. The van der Waals surface area contributed by atoms with E-state index in [1.807, 2.05) is 13.2 Å². The number of aryl methyl sites for hydroxylation is 1. The van der Waals surface area contributed by atoms with Crippen molar-refractivity contribution in [3.05, 3.63) is 12.5 Å². The Morgan fingerprint density at radius 2 is 2.32 bits per heavy atom. The van der Waals surface area contributed by atoms with Gasteiger partial charge >= 0.3 is 0 Å². The second-order valence-corrected chi connectivity index (χ2v) is 5.46. The molecule has 7 heteroatoms. The van der Waals surface area contributed by atoms with Crippen LogP contribution in [0.4, 0.5) is 5.82 Å². The second-order valence-electron chi connectivity index (χ2n) is 4.81. The molecule has 2 aromatic rings. The zero-order valence-electron chi connectivity index (χ0n) is 11.0. The van der Waals surface area contributed by atoms with E-state index in [2.05, 4.69) is 42.8 Å². The molecule has 0 aromatic carbocycles. The first kappa shape index (κ1) is 12.8. The number of hydrogen-bond donors (Lipinski definition) is 0. The normalized spacial score (nSPS) is 24.1. The van der Waals surface area contributed by atoms with Gasteiger partial charge in [-0.2, -0.15) is 5.10 Å². The Labute approximate surface area is 119 Å². The maximum Gasteiger partial charge on any atom is 0.163 e. The van der Waals surface area contributed by atoms with Crippen LogP contribution in [0.3, 0.4) is 0 Å². The number of nitrogens with zero attached hydrogens (tertiary/aromatic N) is 5. The summed E-state index contributed by atoms with van der Waals surface area (Å²) in [7, 11) is 1.89. The van der Waals surface area contributed by atoms with Crippen molar-refractivity contribution in [1.29, 1.82) is 0 Å². The SMILES string of the molecule is CC1COC(CBr)CN1c1ncnc2c1cnn2C. The van der Waals surface area contributed by atoms with Gasteiger partial charge in [-0.15, -0.1) is 0 Å². The molecule has 1 saturated heterocycles. The summed E-state index contributed by atoms with van der Waals surface area (Å²) >= 11 is 3.48. The Balaban J connectivity index is 2.02. The molecule has 0 radical (unpaired) electrons. The molecular formula is C12H16BrN5O. The van der Waals surface area contributed by atoms with Crippen molar-refractivity contribution in [3.63, 3.8) is 0 Å². The maximum absolute atomic E-state index is 5.76. The largest absolute Gasteiger partial charge is 0.373 e. The van der Waals surface area contributed by atoms with Crippen LogP contribution in [0.15, 0.2) is 12.5 Å². The van der Waals surface area contributed by atoms with Crippen LogP contribution in [0.1, 0.15) is 6.92 Å². The monoisotopic (exact) mass is 325 g/mol. The minimum Gasteiger partial charge on any atom is -0.373 e. The van der Waals surface area contributed by atoms with Crippen molar-refractivity contribution < 1.29 is 4.74 Å². The maximum atomic E-state index is 5.76. The molecule has 3 rings (SSSR count). The summed E-state index contributed by atoms with van der Waals surface area (Å²) in [6, 6.07) is 0.300. The molecule has 0 amide bonds. The van der Waals surface area contributed by atoms with Crippen LogP contribution in [0.2, 0.25) is 0 Å². The molecule has 0 N–H and O–H groups in total. The van der Waals surface area contributed by atoms with Gasteiger partial charge in [0.2, 0.25) is 0 Å². The summed E-state index contributed by atoms with van der Waals surface area (Å²) in [6.45, 7) is 3.68. The fourth-order valence-electron chi connectivity index (χ4n) is 2.38. The van der Waals surface area contributed by atoms with Crippen molar-refractivity contribution in [2.75, 3.05) is 23.4 Å². The molecular weight excluding hydrogens is 310 g/mol. The van der Waals surface area contributed by atoms with Gasteiger partial charge in [0, 0.05) is 18.9 Å². The minimum absolute atomic E-state index is 0.192. The lowest BCUT2D eigenvalue weighted by Gasteiger charge is -2.38. The van der Waals surface area contributed by atoms with Crippen molar-refractivity contribution in [2.45, 2.75) is 19.1 Å². The number of aromatic nitrogens is 4. The van der Waals surface area contributed by atoms with Crippen LogP contribution in [0.5, 0.6) is 0 Å². The number of anilines is 1. The molecule has 1 fully saturated rings. The number of fused-ring (bicyclic) bond motifs is 1. The average molecular weight is 326 g/mol. The van der Waals surface area contributed by atoms with Crippen LogP contribution < -0.4 is 4.90 Å². The number of alkyl halides is 1. The van der Waals surface area contributed by atoms with Crippen molar-refractivity contribution >= 4 is 32.8 Å². The van der Waals surface area contributed by atoms with E-state index in [1.165, 1.54) is 0 Å². The van der Waals surface area contributed by atoms with Crippen LogP contribution in [0.25, 0.3) is 11.0 Å². The molecule has 19 heavy (non-hydrogen) atoms. The first-order valence-corrected chi connectivity index (χ1v) is 7.39. The molecule has 3 heterocycles. The zero-order valence-corrected chi connectivity index (χ0v) is 12.5. The summed E-state index contributed by atoms with van der Waals surface area (Å²) in [6.07, 6.45) is 3.62. The van der Waals surface area contributed by atoms with E-state index in [0.717, 1.165) is 28.7 Å². The van der Waals surface area contributed by atoms with Gasteiger partial charge in [0.25, 0.3) is 0 Å². The van der Waals surface area contributed by atoms with Gasteiger partial charge in [0.15, 0.2) is 5.65 Å². The lowest BCUT2D eigenvalue weighted by molar-refractivity contribution is 0.0378. The highest BCUT2D eigenvalue weighted by Crippen LogP contribution is 2.26. The standard InChI is InChI=1S/C12H16BrN5O/c1-8-6-19-9(3-13)5-18(8)12-10-4-16-17(2)11(10)14-7-15-12/h4,7-9H,3,5-6H2,1-2H3. The molecule has 2 atom stereocenters. The molecule has 0 spiro atoms. The molecule has 1 aliphatic heterocycles. The third-order valence-corrected chi connectivity index (χ3v) is 4.18. The third-order valence-electron chi connectivity index (χ3n) is 3.46. The van der Waals surface area contributed by atoms with Gasteiger partial charge < -0.3 is 9.64 Å². The molecule has 6 nitrogen and oxygen atoms in total. The van der Waals surface area contributed by atoms with Gasteiger partial charge in [-0.3, -0.25) is 4.68 Å². The van der Waals surface area contributed by atoms with Crippen LogP contribution >= 0.6 is 15.9 Å². The number of hydrogen-bond acceptors (Lipinski definition) is 5. The van der Waals surface area contributed by atoms with Gasteiger partial charge in [-0.25, -0.2) is 9.97 Å². The fraction of sp³-hybridized carbons (Fsp3) is 0.583. The lowest BCUT2D eigenvalue weighted by atomic mass is 10.2. The van der Waals surface area contributed by atoms with Crippen molar-refractivity contribution in [2.24, 2.45) is 7.05 Å². The van der Waals surface area contributed by atoms with E-state index in [0.29, 0.717) is 12.6 Å². The molecule has 0 bridgehead atoms. The topological polar surface area (TPSA) is 56.1 Å². The molecule has 0 saturated carbocycles. The van der Waals surface area contributed by atoms with E-state index < -0.39 is 0 Å². The number of ether oxygens (including phenoxy) is 1. The highest BCUT2D eigenvalue weighted by molar-refractivity contribution is 9.09. The predicted octanol–water partition coefficient (Wildman–Crippen LogP) is 1.35. The van der Waals surface area contributed by atoms with Gasteiger partial charge in [0.1, 0.15) is 12.1 Å². The van der Waals surface area contributed by atoms with Crippen molar-refractivity contribution in [1.82, 2.24) is 19.7 Å². The Hall–Kier alpha value is -1.21. The van der Waals surface area contributed by atoms with E-state index in [-0.39, 0.29) is 6.10 Å².